The first-order chi connectivity index (χ1) is 19.1. The number of aromatic amines is 1. The Hall–Kier alpha value is -4.70. The van der Waals surface area contributed by atoms with E-state index in [9.17, 15) is 9.90 Å². The van der Waals surface area contributed by atoms with Gasteiger partial charge in [0.1, 0.15) is 11.6 Å². The van der Waals surface area contributed by atoms with Crippen molar-refractivity contribution in [2.45, 2.75) is 31.8 Å². The molecular weight excluding hydrogens is 494 g/mol. The van der Waals surface area contributed by atoms with Gasteiger partial charge in [-0.1, -0.05) is 30.3 Å². The first kappa shape index (κ1) is 23.4. The molecule has 0 spiro atoms. The van der Waals surface area contributed by atoms with Crippen LogP contribution in [0.5, 0.6) is 5.75 Å². The third-order valence-electron chi connectivity index (χ3n) is 7.52. The van der Waals surface area contributed by atoms with Crippen LogP contribution in [0.1, 0.15) is 45.9 Å². The maximum absolute atomic E-state index is 13.7. The summed E-state index contributed by atoms with van der Waals surface area (Å²) in [5, 5.41) is 24.7. The van der Waals surface area contributed by atoms with E-state index in [1.807, 2.05) is 12.3 Å². The molecule has 3 N–H and O–H groups in total. The van der Waals surface area contributed by atoms with E-state index in [1.54, 1.807) is 28.9 Å². The van der Waals surface area contributed by atoms with Crippen molar-refractivity contribution in [2.24, 2.45) is 0 Å². The van der Waals surface area contributed by atoms with Gasteiger partial charge in [-0.05, 0) is 42.0 Å². The van der Waals surface area contributed by atoms with Crippen molar-refractivity contribution in [1.82, 2.24) is 24.8 Å². The van der Waals surface area contributed by atoms with Crippen LogP contribution in [-0.2, 0) is 17.8 Å². The van der Waals surface area contributed by atoms with Crippen LogP contribution >= 0.6 is 0 Å². The summed E-state index contributed by atoms with van der Waals surface area (Å²) >= 11 is 0. The summed E-state index contributed by atoms with van der Waals surface area (Å²) in [4.78, 5) is 21.1. The summed E-state index contributed by atoms with van der Waals surface area (Å²) in [6.45, 7) is 2.75. The Morgan fingerprint density at radius 1 is 1.05 bits per heavy atom. The van der Waals surface area contributed by atoms with Gasteiger partial charge in [-0.2, -0.15) is 10.2 Å². The average Bonchev–Trinajstić information content (AvgIpc) is 3.71. The number of fused-ring (bicyclic) bond motifs is 2. The Balaban J connectivity index is 1.39. The van der Waals surface area contributed by atoms with Crippen molar-refractivity contribution in [3.63, 3.8) is 0 Å². The minimum atomic E-state index is -0.346. The molecule has 0 bridgehead atoms. The zero-order chi connectivity index (χ0) is 26.3. The fourth-order valence-electron chi connectivity index (χ4n) is 5.58. The van der Waals surface area contributed by atoms with E-state index in [0.717, 1.165) is 48.6 Å². The molecule has 2 aliphatic heterocycles. The average molecular weight is 522 g/mol. The van der Waals surface area contributed by atoms with Crippen molar-refractivity contribution in [3.05, 3.63) is 89.4 Å². The van der Waals surface area contributed by atoms with E-state index in [4.69, 9.17) is 14.8 Å². The van der Waals surface area contributed by atoms with E-state index in [1.165, 1.54) is 17.2 Å². The van der Waals surface area contributed by atoms with Crippen LogP contribution in [-0.4, -0.2) is 49.0 Å². The highest BCUT2D eigenvalue weighted by atomic mass is 16.5. The van der Waals surface area contributed by atoms with Gasteiger partial charge in [0.25, 0.3) is 5.91 Å². The second-order valence-corrected chi connectivity index (χ2v) is 10.0. The maximum atomic E-state index is 13.7. The van der Waals surface area contributed by atoms with Crippen molar-refractivity contribution in [2.75, 3.05) is 23.4 Å². The number of nitrogens with one attached hydrogen (secondary N) is 2. The lowest BCUT2D eigenvalue weighted by atomic mass is 9.91. The van der Waals surface area contributed by atoms with Gasteiger partial charge in [-0.3, -0.25) is 9.89 Å². The molecule has 3 aromatic heterocycles. The smallest absolute Gasteiger partial charge is 0.276 e. The quantitative estimate of drug-likeness (QED) is 0.312. The molecule has 7 rings (SSSR count). The van der Waals surface area contributed by atoms with Crippen molar-refractivity contribution in [3.8, 4) is 17.0 Å². The number of ether oxygens (including phenoxy) is 1. The second kappa shape index (κ2) is 9.55. The van der Waals surface area contributed by atoms with Gasteiger partial charge >= 0.3 is 0 Å². The summed E-state index contributed by atoms with van der Waals surface area (Å²) in [7, 11) is 0. The molecular formula is C29H27N7O3. The van der Waals surface area contributed by atoms with Gasteiger partial charge < -0.3 is 20.1 Å². The molecule has 39 heavy (non-hydrogen) atoms. The van der Waals surface area contributed by atoms with E-state index in [-0.39, 0.29) is 17.6 Å². The lowest BCUT2D eigenvalue weighted by molar-refractivity contribution is 0.0848. The van der Waals surface area contributed by atoms with Gasteiger partial charge in [-0.25, -0.2) is 9.50 Å². The number of carbonyl (C=O) groups excluding carboxylic acids is 1. The molecule has 2 aromatic carbocycles. The molecule has 1 saturated heterocycles. The van der Waals surface area contributed by atoms with Gasteiger partial charge in [-0.15, -0.1) is 0 Å². The Labute approximate surface area is 224 Å². The second-order valence-electron chi connectivity index (χ2n) is 10.0. The molecule has 196 valence electrons. The third kappa shape index (κ3) is 4.28. The summed E-state index contributed by atoms with van der Waals surface area (Å²) < 4.78 is 7.41. The first-order valence-corrected chi connectivity index (χ1v) is 13.1. The number of nitrogens with zero attached hydrogens (tertiary/aromatic N) is 5. The van der Waals surface area contributed by atoms with Gasteiger partial charge in [0.05, 0.1) is 11.9 Å². The Bertz CT molecular complexity index is 1650. The summed E-state index contributed by atoms with van der Waals surface area (Å²) in [6, 6.07) is 16.9. The summed E-state index contributed by atoms with van der Waals surface area (Å²) in [6.07, 6.45) is 5.12. The molecule has 2 aliphatic rings. The molecule has 10 nitrogen and oxygen atoms in total. The molecule has 1 amide bonds. The normalized spacial score (nSPS) is 15.5. The van der Waals surface area contributed by atoms with E-state index < -0.39 is 0 Å². The number of hydrogen-bond donors (Lipinski definition) is 3. The molecule has 0 saturated carbocycles. The number of hydrogen-bond acceptors (Lipinski definition) is 7. The highest BCUT2D eigenvalue weighted by molar-refractivity contribution is 6.05. The predicted molar refractivity (Wildman–Crippen MR) is 146 cm³/mol. The van der Waals surface area contributed by atoms with Crippen LogP contribution in [0, 0.1) is 0 Å². The van der Waals surface area contributed by atoms with Gasteiger partial charge in [0.2, 0.25) is 0 Å². The molecule has 10 heteroatoms. The standard InChI is InChI=1S/C29H27N7O3/c37-23-7-3-6-22(12-23)32-29(38)27-26(18-8-10-39-11-9-18)28-33-25(35-16-19-4-1-2-5-20(19)17-35)13-24(36(28)34-27)21-14-30-31-15-21/h1-7,12-15,18,37H,8-11,16-17H2,(H,30,31)(H,32,38). The number of aromatic hydroxyl groups is 1. The van der Waals surface area contributed by atoms with E-state index in [2.05, 4.69) is 44.7 Å². The fraction of sp³-hybridized carbons (Fsp3) is 0.241. The monoisotopic (exact) mass is 521 g/mol. The lowest BCUT2D eigenvalue weighted by Gasteiger charge is -2.23. The van der Waals surface area contributed by atoms with Crippen LogP contribution in [0.25, 0.3) is 16.9 Å². The van der Waals surface area contributed by atoms with Crippen LogP contribution in [0.15, 0.2) is 67.0 Å². The van der Waals surface area contributed by atoms with E-state index in [0.29, 0.717) is 30.2 Å². The fourth-order valence-corrected chi connectivity index (χ4v) is 5.58. The van der Waals surface area contributed by atoms with Crippen LogP contribution < -0.4 is 10.2 Å². The summed E-state index contributed by atoms with van der Waals surface area (Å²) in [5.74, 6) is 0.619. The molecule has 0 atom stereocenters. The van der Waals surface area contributed by atoms with E-state index >= 15 is 0 Å². The number of carbonyl (C=O) groups is 1. The van der Waals surface area contributed by atoms with Crippen molar-refractivity contribution in [1.29, 1.82) is 0 Å². The van der Waals surface area contributed by atoms with Gasteiger partial charge in [0, 0.05) is 61.4 Å². The number of aromatic nitrogens is 5. The van der Waals surface area contributed by atoms with Crippen molar-refractivity contribution < 1.29 is 14.6 Å². The van der Waals surface area contributed by atoms with Crippen LogP contribution in [0.3, 0.4) is 0 Å². The molecule has 5 aromatic rings. The first-order valence-electron chi connectivity index (χ1n) is 13.1. The molecule has 1 fully saturated rings. The molecule has 5 heterocycles. The number of phenols is 1. The third-order valence-corrected chi connectivity index (χ3v) is 7.52. The number of anilines is 2. The number of benzene rings is 2. The molecule has 0 aliphatic carbocycles. The Kier molecular flexibility index (Phi) is 5.74. The number of phenolic OH excluding ortho intramolecular Hbond substituents is 1. The maximum Gasteiger partial charge on any atom is 0.276 e. The number of rotatable bonds is 5. The summed E-state index contributed by atoms with van der Waals surface area (Å²) in [5.41, 5.74) is 6.51. The lowest BCUT2D eigenvalue weighted by Crippen LogP contribution is -2.20. The predicted octanol–water partition coefficient (Wildman–Crippen LogP) is 4.49. The minimum absolute atomic E-state index is 0.0666. The molecule has 0 unspecified atom stereocenters. The van der Waals surface area contributed by atoms with Crippen LogP contribution in [0.2, 0.25) is 0 Å². The number of amides is 1. The highest BCUT2D eigenvalue weighted by Crippen LogP contribution is 2.37. The zero-order valence-corrected chi connectivity index (χ0v) is 21.2. The Morgan fingerprint density at radius 2 is 1.85 bits per heavy atom. The van der Waals surface area contributed by atoms with Gasteiger partial charge in [0.15, 0.2) is 11.3 Å². The SMILES string of the molecule is O=C(Nc1cccc(O)c1)c1nn2c(-c3cn[nH]c3)cc(N3Cc4ccccc4C3)nc2c1C1CCOCC1. The van der Waals surface area contributed by atoms with Crippen LogP contribution in [0.4, 0.5) is 11.5 Å². The Morgan fingerprint density at radius 3 is 2.56 bits per heavy atom. The molecule has 0 radical (unpaired) electrons. The topological polar surface area (TPSA) is 121 Å². The minimum Gasteiger partial charge on any atom is -0.508 e. The zero-order valence-electron chi connectivity index (χ0n) is 21.2. The highest BCUT2D eigenvalue weighted by Gasteiger charge is 2.31. The largest absolute Gasteiger partial charge is 0.508 e. The number of H-pyrrole nitrogens is 1. The van der Waals surface area contributed by atoms with Crippen molar-refractivity contribution >= 4 is 23.1 Å².